The van der Waals surface area contributed by atoms with Crippen LogP contribution in [0.25, 0.3) is 10.8 Å². The lowest BCUT2D eigenvalue weighted by atomic mass is 10.1. The smallest absolute Gasteiger partial charge is 0.449 e. The summed E-state index contributed by atoms with van der Waals surface area (Å²) < 4.78 is 17.8. The summed E-state index contributed by atoms with van der Waals surface area (Å²) in [6, 6.07) is 9.02. The maximum absolute atomic E-state index is 13.3. The van der Waals surface area contributed by atoms with E-state index in [1.807, 2.05) is 0 Å². The highest BCUT2D eigenvalue weighted by Gasteiger charge is 2.08. The van der Waals surface area contributed by atoms with Gasteiger partial charge in [-0.15, -0.1) is 0 Å². The first-order chi connectivity index (χ1) is 7.18. The molecule has 0 atom stereocenters. The van der Waals surface area contributed by atoms with Crippen molar-refractivity contribution < 1.29 is 19.0 Å². The third kappa shape index (κ3) is 1.74. The molecule has 0 heterocycles. The second-order valence-electron chi connectivity index (χ2n) is 2.96. The Hall–Kier alpha value is -2.10. The molecule has 0 aliphatic heterocycles. The molecule has 0 aromatic heterocycles. The molecule has 0 aliphatic carbocycles. The van der Waals surface area contributed by atoms with E-state index in [0.29, 0.717) is 10.8 Å². The summed E-state index contributed by atoms with van der Waals surface area (Å²) in [5.41, 5.74) is 0. The summed E-state index contributed by atoms with van der Waals surface area (Å²) in [7, 11) is 0. The van der Waals surface area contributed by atoms with Crippen LogP contribution in [-0.2, 0) is 0 Å². The Bertz CT molecular complexity index is 522. The van der Waals surface area contributed by atoms with Crippen LogP contribution in [0.15, 0.2) is 36.4 Å². The van der Waals surface area contributed by atoms with Crippen molar-refractivity contribution >= 4 is 16.9 Å². The molecule has 0 aliphatic rings. The van der Waals surface area contributed by atoms with Crippen LogP contribution < -0.4 is 4.74 Å². The maximum atomic E-state index is 13.3. The minimum atomic E-state index is -1.41. The van der Waals surface area contributed by atoms with Gasteiger partial charge >= 0.3 is 6.16 Å². The molecule has 0 radical (unpaired) electrons. The lowest BCUT2D eigenvalue weighted by molar-refractivity contribution is 0.145. The number of carbonyl (C=O) groups is 1. The molecule has 1 N–H and O–H groups in total. The fraction of sp³-hybridized carbons (Fsp3) is 0. The number of benzene rings is 2. The van der Waals surface area contributed by atoms with Gasteiger partial charge in [-0.3, -0.25) is 0 Å². The van der Waals surface area contributed by atoms with Crippen LogP contribution in [0, 0.1) is 5.82 Å². The van der Waals surface area contributed by atoms with E-state index in [0.717, 1.165) is 0 Å². The van der Waals surface area contributed by atoms with Crippen molar-refractivity contribution in [1.29, 1.82) is 0 Å². The fourth-order valence-electron chi connectivity index (χ4n) is 1.42. The Kier molecular flexibility index (Phi) is 2.25. The predicted molar refractivity (Wildman–Crippen MR) is 52.6 cm³/mol. The first-order valence-corrected chi connectivity index (χ1v) is 4.26. The zero-order valence-corrected chi connectivity index (χ0v) is 7.61. The Morgan fingerprint density at radius 3 is 2.47 bits per heavy atom. The first-order valence-electron chi connectivity index (χ1n) is 4.26. The largest absolute Gasteiger partial charge is 0.511 e. The Balaban J connectivity index is 2.66. The summed E-state index contributed by atoms with van der Waals surface area (Å²) >= 11 is 0. The molecule has 2 rings (SSSR count). The zero-order chi connectivity index (χ0) is 10.8. The average Bonchev–Trinajstić information content (AvgIpc) is 2.22. The zero-order valence-electron chi connectivity index (χ0n) is 7.61. The number of hydrogen-bond donors (Lipinski definition) is 1. The van der Waals surface area contributed by atoms with Crippen LogP contribution in [0.5, 0.6) is 5.75 Å². The summed E-state index contributed by atoms with van der Waals surface area (Å²) in [5.74, 6) is -0.261. The molecule has 15 heavy (non-hydrogen) atoms. The number of hydrogen-bond acceptors (Lipinski definition) is 2. The van der Waals surface area contributed by atoms with E-state index in [1.54, 1.807) is 24.3 Å². The standard InChI is InChI=1S/C11H7FO3/c12-9-5-6-10(15-11(13)14)8-4-2-1-3-7(8)9/h1-6H,(H,13,14). The van der Waals surface area contributed by atoms with Gasteiger partial charge in [-0.05, 0) is 12.1 Å². The molecule has 4 heteroatoms. The summed E-state index contributed by atoms with van der Waals surface area (Å²) in [6.45, 7) is 0. The van der Waals surface area contributed by atoms with Gasteiger partial charge in [0.25, 0.3) is 0 Å². The quantitative estimate of drug-likeness (QED) is 0.576. The van der Waals surface area contributed by atoms with Gasteiger partial charge in [0.2, 0.25) is 0 Å². The van der Waals surface area contributed by atoms with Crippen molar-refractivity contribution in [2.24, 2.45) is 0 Å². The average molecular weight is 206 g/mol. The van der Waals surface area contributed by atoms with E-state index < -0.39 is 12.0 Å². The minimum Gasteiger partial charge on any atom is -0.449 e. The second kappa shape index (κ2) is 3.57. The van der Waals surface area contributed by atoms with Crippen molar-refractivity contribution in [3.63, 3.8) is 0 Å². The van der Waals surface area contributed by atoms with Crippen molar-refractivity contribution in [1.82, 2.24) is 0 Å². The van der Waals surface area contributed by atoms with Crippen molar-refractivity contribution in [3.05, 3.63) is 42.2 Å². The predicted octanol–water partition coefficient (Wildman–Crippen LogP) is 3.04. The van der Waals surface area contributed by atoms with Crippen molar-refractivity contribution in [2.75, 3.05) is 0 Å². The molecule has 0 amide bonds. The van der Waals surface area contributed by atoms with E-state index in [9.17, 15) is 9.18 Å². The maximum Gasteiger partial charge on any atom is 0.511 e. The van der Waals surface area contributed by atoms with Gasteiger partial charge in [0, 0.05) is 10.8 Å². The highest BCUT2D eigenvalue weighted by Crippen LogP contribution is 2.27. The van der Waals surface area contributed by atoms with E-state index in [4.69, 9.17) is 5.11 Å². The third-order valence-electron chi connectivity index (χ3n) is 2.03. The summed E-state index contributed by atoms with van der Waals surface area (Å²) in [6.07, 6.45) is -1.41. The number of ether oxygens (including phenoxy) is 1. The third-order valence-corrected chi connectivity index (χ3v) is 2.03. The molecule has 0 saturated heterocycles. The molecule has 2 aromatic carbocycles. The molecule has 0 fully saturated rings. The molecule has 0 saturated carbocycles. The fourth-order valence-corrected chi connectivity index (χ4v) is 1.42. The van der Waals surface area contributed by atoms with Crippen LogP contribution in [0.2, 0.25) is 0 Å². The number of fused-ring (bicyclic) bond motifs is 1. The van der Waals surface area contributed by atoms with Gasteiger partial charge in [0.15, 0.2) is 0 Å². The molecular formula is C11H7FO3. The molecule has 0 spiro atoms. The molecule has 76 valence electrons. The minimum absolute atomic E-state index is 0.138. The van der Waals surface area contributed by atoms with E-state index >= 15 is 0 Å². The molecule has 0 bridgehead atoms. The molecular weight excluding hydrogens is 199 g/mol. The number of rotatable bonds is 1. The topological polar surface area (TPSA) is 46.5 Å². The van der Waals surface area contributed by atoms with E-state index in [2.05, 4.69) is 4.74 Å². The molecule has 0 unspecified atom stereocenters. The highest BCUT2D eigenvalue weighted by atomic mass is 19.1. The first kappa shape index (κ1) is 9.45. The van der Waals surface area contributed by atoms with Crippen molar-refractivity contribution in [3.8, 4) is 5.75 Å². The lowest BCUT2D eigenvalue weighted by Gasteiger charge is -2.05. The van der Waals surface area contributed by atoms with E-state index in [1.165, 1.54) is 12.1 Å². The summed E-state index contributed by atoms with van der Waals surface area (Å²) in [4.78, 5) is 10.4. The van der Waals surface area contributed by atoms with Crippen LogP contribution in [0.3, 0.4) is 0 Å². The molecule has 2 aromatic rings. The van der Waals surface area contributed by atoms with Gasteiger partial charge in [0.05, 0.1) is 0 Å². The SMILES string of the molecule is O=C(O)Oc1ccc(F)c2ccccc12. The van der Waals surface area contributed by atoms with Crippen LogP contribution in [-0.4, -0.2) is 11.3 Å². The second-order valence-corrected chi connectivity index (χ2v) is 2.96. The lowest BCUT2D eigenvalue weighted by Crippen LogP contribution is -2.03. The van der Waals surface area contributed by atoms with Gasteiger partial charge in [0.1, 0.15) is 11.6 Å². The molecule has 3 nitrogen and oxygen atoms in total. The normalized spacial score (nSPS) is 10.2. The van der Waals surface area contributed by atoms with Gasteiger partial charge in [-0.25, -0.2) is 9.18 Å². The van der Waals surface area contributed by atoms with Crippen LogP contribution in [0.1, 0.15) is 0 Å². The van der Waals surface area contributed by atoms with E-state index in [-0.39, 0.29) is 5.75 Å². The van der Waals surface area contributed by atoms with Gasteiger partial charge in [-0.1, -0.05) is 24.3 Å². The Labute approximate surface area is 84.7 Å². The summed E-state index contributed by atoms with van der Waals surface area (Å²) in [5, 5.41) is 9.27. The monoisotopic (exact) mass is 206 g/mol. The van der Waals surface area contributed by atoms with Gasteiger partial charge < -0.3 is 9.84 Å². The number of carboxylic acid groups (broad SMARTS) is 1. The Morgan fingerprint density at radius 2 is 1.80 bits per heavy atom. The van der Waals surface area contributed by atoms with Crippen LogP contribution >= 0.6 is 0 Å². The van der Waals surface area contributed by atoms with Gasteiger partial charge in [-0.2, -0.15) is 0 Å². The van der Waals surface area contributed by atoms with Crippen LogP contribution in [0.4, 0.5) is 9.18 Å². The van der Waals surface area contributed by atoms with Crippen molar-refractivity contribution in [2.45, 2.75) is 0 Å². The highest BCUT2D eigenvalue weighted by molar-refractivity contribution is 5.90. The number of halogens is 1. The Morgan fingerprint density at radius 1 is 1.13 bits per heavy atom.